The van der Waals surface area contributed by atoms with Crippen LogP contribution in [0.25, 0.3) is 0 Å². The van der Waals surface area contributed by atoms with Crippen molar-refractivity contribution in [3.05, 3.63) is 17.7 Å². The van der Waals surface area contributed by atoms with Crippen molar-refractivity contribution in [2.24, 2.45) is 11.8 Å². The van der Waals surface area contributed by atoms with Crippen LogP contribution in [0.1, 0.15) is 87.9 Å². The summed E-state index contributed by atoms with van der Waals surface area (Å²) in [5.74, 6) is 2.13. The summed E-state index contributed by atoms with van der Waals surface area (Å²) in [4.78, 5) is 12.8. The predicted molar refractivity (Wildman–Crippen MR) is 116 cm³/mol. The number of hydrogen-bond acceptors (Lipinski definition) is 5. The van der Waals surface area contributed by atoms with Gasteiger partial charge in [-0.1, -0.05) is 39.0 Å². The molecular weight excluding hydrogens is 366 g/mol. The Morgan fingerprint density at radius 2 is 1.93 bits per heavy atom. The van der Waals surface area contributed by atoms with Crippen molar-refractivity contribution in [2.75, 3.05) is 18.9 Å². The largest absolute Gasteiger partial charge is 0.486 e. The van der Waals surface area contributed by atoms with Gasteiger partial charge in [-0.25, -0.2) is 0 Å². The van der Waals surface area contributed by atoms with Gasteiger partial charge in [-0.3, -0.25) is 4.79 Å². The maximum atomic E-state index is 12.8. The van der Waals surface area contributed by atoms with Gasteiger partial charge in [0.25, 0.3) is 0 Å². The first-order chi connectivity index (χ1) is 14.1. The Morgan fingerprint density at radius 3 is 2.72 bits per heavy atom. The number of anilines is 1. The van der Waals surface area contributed by atoms with E-state index in [0.29, 0.717) is 54.2 Å². The second kappa shape index (κ2) is 10.9. The Hall–Kier alpha value is -1.75. The Balaban J connectivity index is 1.44. The third kappa shape index (κ3) is 6.11. The molecule has 1 fully saturated rings. The van der Waals surface area contributed by atoms with E-state index in [0.717, 1.165) is 25.7 Å². The first-order valence-electron chi connectivity index (χ1n) is 11.5. The monoisotopic (exact) mass is 403 g/mol. The maximum absolute atomic E-state index is 12.8. The number of Topliss-reactive ketones (excluding diaryl/α,β-unsaturated/α-hetero) is 1. The van der Waals surface area contributed by atoms with Crippen molar-refractivity contribution in [1.82, 2.24) is 0 Å². The van der Waals surface area contributed by atoms with Crippen LogP contribution in [0.2, 0.25) is 0 Å². The molecule has 0 bridgehead atoms. The summed E-state index contributed by atoms with van der Waals surface area (Å²) in [6.45, 7) is 3.16. The molecule has 0 saturated heterocycles. The summed E-state index contributed by atoms with van der Waals surface area (Å²) in [5.41, 5.74) is 6.97. The smallest absolute Gasteiger partial charge is 0.172 e. The number of benzene rings is 1. The zero-order valence-electron chi connectivity index (χ0n) is 17.8. The summed E-state index contributed by atoms with van der Waals surface area (Å²) in [6, 6.07) is 3.40. The average Bonchev–Trinajstić information content (AvgIpc) is 2.72. The van der Waals surface area contributed by atoms with Crippen molar-refractivity contribution < 1.29 is 19.4 Å². The number of aliphatic hydroxyl groups is 1. The molecule has 3 rings (SSSR count). The van der Waals surface area contributed by atoms with Crippen molar-refractivity contribution in [1.29, 1.82) is 0 Å². The molecule has 1 aliphatic carbocycles. The van der Waals surface area contributed by atoms with E-state index < -0.39 is 0 Å². The minimum atomic E-state index is -0.216. The number of carbonyl (C=O) groups excluding carboxylic acids is 1. The Bertz CT molecular complexity index is 675. The van der Waals surface area contributed by atoms with Gasteiger partial charge in [-0.15, -0.1) is 0 Å². The van der Waals surface area contributed by atoms with Gasteiger partial charge in [-0.05, 0) is 50.0 Å². The molecule has 5 heteroatoms. The molecule has 0 amide bonds. The summed E-state index contributed by atoms with van der Waals surface area (Å²) >= 11 is 0. The fourth-order valence-corrected chi connectivity index (χ4v) is 4.79. The van der Waals surface area contributed by atoms with E-state index in [1.165, 1.54) is 38.5 Å². The lowest BCUT2D eigenvalue weighted by Crippen LogP contribution is -2.29. The first kappa shape index (κ1) is 21.9. The number of nitrogens with two attached hydrogens (primary N) is 1. The highest BCUT2D eigenvalue weighted by molar-refractivity contribution is 6.00. The van der Waals surface area contributed by atoms with E-state index in [-0.39, 0.29) is 11.9 Å². The molecule has 0 spiro atoms. The Labute approximate surface area is 175 Å². The SMILES string of the molecule is CCCCCC[C@@H]1CCC(CCCC(=O)c2cc(N)cc3c2OCCO3)C(O)C1. The molecule has 1 saturated carbocycles. The second-order valence-electron chi connectivity index (χ2n) is 8.76. The standard InChI is InChI=1S/C24H37NO4/c1-2-3-4-5-7-17-10-11-18(22(27)14-17)8-6-9-21(26)20-15-19(25)16-23-24(20)29-13-12-28-23/h15-18,22,27H,2-14,25H2,1H3/t17-,18?,22?/m1/s1. The highest BCUT2D eigenvalue weighted by atomic mass is 16.6. The molecule has 3 atom stereocenters. The van der Waals surface area contributed by atoms with E-state index in [4.69, 9.17) is 15.2 Å². The normalized spacial score (nSPS) is 23.7. The topological polar surface area (TPSA) is 81.8 Å². The average molecular weight is 404 g/mol. The minimum absolute atomic E-state index is 0.0400. The van der Waals surface area contributed by atoms with Gasteiger partial charge in [0.2, 0.25) is 0 Å². The summed E-state index contributed by atoms with van der Waals surface area (Å²) in [5, 5.41) is 10.6. The van der Waals surface area contributed by atoms with Gasteiger partial charge in [0.1, 0.15) is 13.2 Å². The molecule has 2 aliphatic rings. The molecule has 162 valence electrons. The molecule has 3 N–H and O–H groups in total. The number of hydrogen-bond donors (Lipinski definition) is 2. The van der Waals surface area contributed by atoms with E-state index >= 15 is 0 Å². The number of fused-ring (bicyclic) bond motifs is 1. The van der Waals surface area contributed by atoms with Gasteiger partial charge in [-0.2, -0.15) is 0 Å². The van der Waals surface area contributed by atoms with Gasteiger partial charge < -0.3 is 20.3 Å². The molecule has 0 radical (unpaired) electrons. The third-order valence-corrected chi connectivity index (χ3v) is 6.47. The van der Waals surface area contributed by atoms with Crippen LogP contribution in [0.3, 0.4) is 0 Å². The van der Waals surface area contributed by atoms with E-state index in [9.17, 15) is 9.90 Å². The fourth-order valence-electron chi connectivity index (χ4n) is 4.79. The molecule has 5 nitrogen and oxygen atoms in total. The number of ether oxygens (including phenoxy) is 2. The zero-order valence-corrected chi connectivity index (χ0v) is 17.8. The van der Waals surface area contributed by atoms with Crippen LogP contribution in [0.4, 0.5) is 5.69 Å². The van der Waals surface area contributed by atoms with Crippen LogP contribution in [0.5, 0.6) is 11.5 Å². The number of carbonyl (C=O) groups is 1. The summed E-state index contributed by atoms with van der Waals surface area (Å²) < 4.78 is 11.2. The molecule has 1 aromatic carbocycles. The third-order valence-electron chi connectivity index (χ3n) is 6.47. The first-order valence-corrected chi connectivity index (χ1v) is 11.5. The van der Waals surface area contributed by atoms with Crippen LogP contribution in [-0.4, -0.2) is 30.2 Å². The molecule has 2 unspecified atom stereocenters. The minimum Gasteiger partial charge on any atom is -0.486 e. The number of nitrogen functional groups attached to an aromatic ring is 1. The maximum Gasteiger partial charge on any atom is 0.172 e. The number of aliphatic hydroxyl groups excluding tert-OH is 1. The second-order valence-corrected chi connectivity index (χ2v) is 8.76. The van der Waals surface area contributed by atoms with Crippen LogP contribution < -0.4 is 15.2 Å². The number of rotatable bonds is 10. The quantitative estimate of drug-likeness (QED) is 0.321. The highest BCUT2D eigenvalue weighted by Gasteiger charge is 2.29. The summed E-state index contributed by atoms with van der Waals surface area (Å²) in [6.07, 6.45) is 11.6. The van der Waals surface area contributed by atoms with Crippen molar-refractivity contribution in [3.63, 3.8) is 0 Å². The molecule has 29 heavy (non-hydrogen) atoms. The molecule has 0 aromatic heterocycles. The lowest BCUT2D eigenvalue weighted by molar-refractivity contribution is 0.0367. The van der Waals surface area contributed by atoms with Crippen LogP contribution in [0, 0.1) is 11.8 Å². The lowest BCUT2D eigenvalue weighted by atomic mass is 9.76. The predicted octanol–water partition coefficient (Wildman–Crippen LogP) is 5.14. The molecule has 1 heterocycles. The van der Waals surface area contributed by atoms with Gasteiger partial charge >= 0.3 is 0 Å². The van der Waals surface area contributed by atoms with Crippen LogP contribution in [0.15, 0.2) is 12.1 Å². The Morgan fingerprint density at radius 1 is 1.10 bits per heavy atom. The number of unbranched alkanes of at least 4 members (excludes halogenated alkanes) is 3. The van der Waals surface area contributed by atoms with E-state index in [1.54, 1.807) is 12.1 Å². The lowest BCUT2D eigenvalue weighted by Gasteiger charge is -2.33. The van der Waals surface area contributed by atoms with Crippen molar-refractivity contribution >= 4 is 11.5 Å². The van der Waals surface area contributed by atoms with Gasteiger partial charge in [0.05, 0.1) is 11.7 Å². The number of ketones is 1. The summed E-state index contributed by atoms with van der Waals surface area (Å²) in [7, 11) is 0. The molecule has 1 aromatic rings. The van der Waals surface area contributed by atoms with Crippen LogP contribution >= 0.6 is 0 Å². The van der Waals surface area contributed by atoms with E-state index in [2.05, 4.69) is 6.92 Å². The van der Waals surface area contributed by atoms with Crippen LogP contribution in [-0.2, 0) is 0 Å². The van der Waals surface area contributed by atoms with Crippen molar-refractivity contribution in [3.8, 4) is 11.5 Å². The van der Waals surface area contributed by atoms with E-state index in [1.807, 2.05) is 0 Å². The zero-order chi connectivity index (χ0) is 20.6. The molecule has 1 aliphatic heterocycles. The Kier molecular flexibility index (Phi) is 8.22. The highest BCUT2D eigenvalue weighted by Crippen LogP contribution is 2.38. The fraction of sp³-hybridized carbons (Fsp3) is 0.708. The van der Waals surface area contributed by atoms with Gasteiger partial charge in [0, 0.05) is 18.2 Å². The van der Waals surface area contributed by atoms with Crippen molar-refractivity contribution in [2.45, 2.75) is 83.7 Å². The molecular formula is C24H37NO4. The van der Waals surface area contributed by atoms with Gasteiger partial charge in [0.15, 0.2) is 17.3 Å².